The van der Waals surface area contributed by atoms with Gasteiger partial charge in [-0.15, -0.1) is 0 Å². The van der Waals surface area contributed by atoms with E-state index in [0.717, 1.165) is 44.6 Å². The van der Waals surface area contributed by atoms with Gasteiger partial charge in [-0.05, 0) is 72.7 Å². The van der Waals surface area contributed by atoms with Crippen molar-refractivity contribution < 1.29 is 0 Å². The Balaban J connectivity index is 1.89. The highest BCUT2D eigenvalue weighted by Crippen LogP contribution is 2.19. The van der Waals surface area contributed by atoms with Gasteiger partial charge in [0.05, 0.1) is 11.4 Å². The Bertz CT molecular complexity index is 1080. The van der Waals surface area contributed by atoms with E-state index in [0.29, 0.717) is 0 Å². The second-order valence-electron chi connectivity index (χ2n) is 6.11. The van der Waals surface area contributed by atoms with Crippen LogP contribution >= 0.6 is 0 Å². The van der Waals surface area contributed by atoms with Crippen LogP contribution in [0.2, 0.25) is 0 Å². The predicted molar refractivity (Wildman–Crippen MR) is 101 cm³/mol. The molecule has 0 saturated heterocycles. The number of hydrogen-bond donors (Lipinski definition) is 3. The van der Waals surface area contributed by atoms with Crippen LogP contribution in [0.4, 0.5) is 0 Å². The van der Waals surface area contributed by atoms with Gasteiger partial charge in [0.2, 0.25) is 0 Å². The lowest BCUT2D eigenvalue weighted by Gasteiger charge is -1.95. The number of aromatic nitrogens is 3. The van der Waals surface area contributed by atoms with Crippen molar-refractivity contribution in [3.63, 3.8) is 0 Å². The summed E-state index contributed by atoms with van der Waals surface area (Å²) in [5, 5.41) is 2.10. The zero-order valence-electron chi connectivity index (χ0n) is 13.6. The maximum Gasteiger partial charge on any atom is 0.0624 e. The van der Waals surface area contributed by atoms with E-state index in [4.69, 9.17) is 0 Å². The fraction of sp³-hybridized carbons (Fsp3) is 0.0476. The molecule has 0 aliphatic carbocycles. The quantitative estimate of drug-likeness (QED) is 0.569. The van der Waals surface area contributed by atoms with Crippen LogP contribution in [-0.4, -0.2) is 15.0 Å². The molecule has 3 N–H and O–H groups in total. The lowest BCUT2D eigenvalue weighted by Crippen LogP contribution is -2.09. The molecule has 0 atom stereocenters. The maximum absolute atomic E-state index is 4.10. The Morgan fingerprint density at radius 3 is 2.00 bits per heavy atom. The van der Waals surface area contributed by atoms with Gasteiger partial charge in [0, 0.05) is 22.1 Å². The third-order valence-electron chi connectivity index (χ3n) is 4.03. The average Bonchev–Trinajstić information content (AvgIpc) is 3.26. The molecular weight excluding hydrogens is 294 g/mol. The van der Waals surface area contributed by atoms with E-state index < -0.39 is 0 Å². The molecule has 6 bridgehead atoms. The zero-order chi connectivity index (χ0) is 16.5. The van der Waals surface area contributed by atoms with E-state index >= 15 is 0 Å². The Morgan fingerprint density at radius 1 is 0.667 bits per heavy atom. The number of aromatic amines is 3. The summed E-state index contributed by atoms with van der Waals surface area (Å²) in [6.07, 6.45) is 10.4. The molecule has 0 fully saturated rings. The molecule has 3 aromatic rings. The fourth-order valence-corrected chi connectivity index (χ4v) is 2.85. The molecule has 3 nitrogen and oxygen atoms in total. The minimum absolute atomic E-state index is 0.956. The third-order valence-corrected chi connectivity index (χ3v) is 4.03. The molecule has 0 unspecified atom stereocenters. The molecule has 0 amide bonds. The van der Waals surface area contributed by atoms with Crippen LogP contribution in [0.1, 0.15) is 18.3 Å². The van der Waals surface area contributed by atoms with Crippen molar-refractivity contribution >= 4 is 18.2 Å². The second kappa shape index (κ2) is 5.78. The number of hydrogen-bond acceptors (Lipinski definition) is 0. The third kappa shape index (κ3) is 2.97. The predicted octanol–water partition coefficient (Wildman–Crippen LogP) is 3.48. The Hall–Kier alpha value is -3.20. The molecule has 4 rings (SSSR count). The molecule has 1 aliphatic rings. The molecule has 0 saturated carbocycles. The van der Waals surface area contributed by atoms with Gasteiger partial charge in [-0.3, -0.25) is 0 Å². The summed E-state index contributed by atoms with van der Waals surface area (Å²) >= 11 is 0. The van der Waals surface area contributed by atoms with Crippen molar-refractivity contribution in [3.8, 4) is 11.4 Å². The standard InChI is InChI=1S/C21H19N3/c1-14-3-4-15(2)12-17-7-9-20(23-17)21-10-8-19(24-21)13-18-6-5-16(11-14)22-18/h3-13,22-24H,1H2,2H3/b4-3-,15-12+,16-11-,18-13-. The number of nitrogens with one attached hydrogen (secondary N) is 3. The normalized spacial score (nSPS) is 20.4. The van der Waals surface area contributed by atoms with Gasteiger partial charge >= 0.3 is 0 Å². The molecule has 24 heavy (non-hydrogen) atoms. The largest absolute Gasteiger partial charge is 0.355 e. The van der Waals surface area contributed by atoms with Crippen LogP contribution in [-0.2, 0) is 0 Å². The van der Waals surface area contributed by atoms with Gasteiger partial charge in [0.15, 0.2) is 0 Å². The van der Waals surface area contributed by atoms with E-state index in [2.05, 4.69) is 83.1 Å². The number of allylic oxidation sites excluding steroid dienone is 4. The number of rotatable bonds is 0. The van der Waals surface area contributed by atoms with Crippen LogP contribution in [0, 0.1) is 0 Å². The summed E-state index contributed by atoms with van der Waals surface area (Å²) in [5.74, 6) is 0. The van der Waals surface area contributed by atoms with Crippen molar-refractivity contribution in [2.75, 3.05) is 0 Å². The average molecular weight is 313 g/mol. The maximum atomic E-state index is 4.10. The summed E-state index contributed by atoms with van der Waals surface area (Å²) in [6.45, 7) is 6.18. The molecular formula is C21H19N3. The van der Waals surface area contributed by atoms with Crippen LogP contribution < -0.4 is 10.7 Å². The van der Waals surface area contributed by atoms with Crippen molar-refractivity contribution in [2.24, 2.45) is 0 Å². The van der Waals surface area contributed by atoms with Gasteiger partial charge in [0.25, 0.3) is 0 Å². The molecule has 3 aromatic heterocycles. The van der Waals surface area contributed by atoms with Gasteiger partial charge in [0.1, 0.15) is 0 Å². The molecule has 4 heterocycles. The molecule has 0 spiro atoms. The topological polar surface area (TPSA) is 47.4 Å². The molecule has 118 valence electrons. The molecule has 1 aliphatic heterocycles. The first-order valence-corrected chi connectivity index (χ1v) is 7.98. The van der Waals surface area contributed by atoms with Crippen molar-refractivity contribution in [3.05, 3.63) is 88.4 Å². The number of fused-ring (bicyclic) bond motifs is 7. The summed E-state index contributed by atoms with van der Waals surface area (Å²) < 4.78 is 0. The Labute approximate surface area is 140 Å². The van der Waals surface area contributed by atoms with Crippen molar-refractivity contribution in [2.45, 2.75) is 6.92 Å². The van der Waals surface area contributed by atoms with Crippen LogP contribution in [0.5, 0.6) is 0 Å². The number of H-pyrrole nitrogens is 3. The van der Waals surface area contributed by atoms with E-state index in [1.165, 1.54) is 0 Å². The van der Waals surface area contributed by atoms with Crippen LogP contribution in [0.15, 0.2) is 66.3 Å². The SMILES string of the molecule is C=C1/C=C\C(C)=C\c2ccc([nH]2)-c2ccc([nH]2)/C=c2/cc/c([nH]2)=C/1. The summed E-state index contributed by atoms with van der Waals surface area (Å²) in [6, 6.07) is 12.5. The zero-order valence-corrected chi connectivity index (χ0v) is 13.6. The summed E-state index contributed by atoms with van der Waals surface area (Å²) in [7, 11) is 0. The van der Waals surface area contributed by atoms with Crippen LogP contribution in [0.25, 0.3) is 29.6 Å². The lowest BCUT2D eigenvalue weighted by atomic mass is 10.2. The van der Waals surface area contributed by atoms with E-state index in [1.807, 2.05) is 12.2 Å². The van der Waals surface area contributed by atoms with Gasteiger partial charge < -0.3 is 15.0 Å². The Kier molecular flexibility index (Phi) is 3.47. The highest BCUT2D eigenvalue weighted by molar-refractivity contribution is 5.64. The second-order valence-corrected chi connectivity index (χ2v) is 6.11. The van der Waals surface area contributed by atoms with E-state index in [-0.39, 0.29) is 0 Å². The van der Waals surface area contributed by atoms with Crippen molar-refractivity contribution in [1.82, 2.24) is 15.0 Å². The highest BCUT2D eigenvalue weighted by Gasteiger charge is 2.03. The lowest BCUT2D eigenvalue weighted by molar-refractivity contribution is 1.25. The van der Waals surface area contributed by atoms with E-state index in [1.54, 1.807) is 0 Å². The van der Waals surface area contributed by atoms with E-state index in [9.17, 15) is 0 Å². The molecule has 0 radical (unpaired) electrons. The summed E-state index contributed by atoms with van der Waals surface area (Å²) in [5.41, 5.74) is 6.42. The first-order chi connectivity index (χ1) is 11.7. The molecule has 0 aromatic carbocycles. The monoisotopic (exact) mass is 313 g/mol. The Morgan fingerprint density at radius 2 is 1.29 bits per heavy atom. The smallest absolute Gasteiger partial charge is 0.0624 e. The summed E-state index contributed by atoms with van der Waals surface area (Å²) in [4.78, 5) is 10.3. The van der Waals surface area contributed by atoms with Gasteiger partial charge in [-0.25, -0.2) is 0 Å². The first-order valence-electron chi connectivity index (χ1n) is 7.98. The minimum Gasteiger partial charge on any atom is -0.355 e. The van der Waals surface area contributed by atoms with Gasteiger partial charge in [-0.1, -0.05) is 18.7 Å². The minimum atomic E-state index is 0.956. The van der Waals surface area contributed by atoms with Gasteiger partial charge in [-0.2, -0.15) is 0 Å². The fourth-order valence-electron chi connectivity index (χ4n) is 2.85. The highest BCUT2D eigenvalue weighted by atomic mass is 14.8. The van der Waals surface area contributed by atoms with Crippen LogP contribution in [0.3, 0.4) is 0 Å². The van der Waals surface area contributed by atoms with Crippen molar-refractivity contribution in [1.29, 1.82) is 0 Å². The molecule has 3 heteroatoms. The first kappa shape index (κ1) is 14.4.